The summed E-state index contributed by atoms with van der Waals surface area (Å²) in [5.41, 5.74) is 2.47. The Morgan fingerprint density at radius 3 is 2.90 bits per heavy atom. The molecule has 2 aromatic rings. The average molecular weight is 301 g/mol. The third-order valence-corrected chi connectivity index (χ3v) is 4.50. The summed E-state index contributed by atoms with van der Waals surface area (Å²) in [6, 6.07) is 9.25. The van der Waals surface area contributed by atoms with Crippen LogP contribution >= 0.6 is 11.8 Å². The van der Waals surface area contributed by atoms with E-state index in [1.807, 2.05) is 24.3 Å². The molecule has 0 saturated heterocycles. The zero-order chi connectivity index (χ0) is 14.8. The van der Waals surface area contributed by atoms with E-state index < -0.39 is 0 Å². The van der Waals surface area contributed by atoms with E-state index in [0.717, 1.165) is 17.7 Å². The molecule has 0 bridgehead atoms. The maximum Gasteiger partial charge on any atom is 0.251 e. The van der Waals surface area contributed by atoms with Crippen LogP contribution in [0.4, 0.5) is 5.69 Å². The van der Waals surface area contributed by atoms with Gasteiger partial charge in [-0.25, -0.2) is 4.98 Å². The Morgan fingerprint density at radius 2 is 2.10 bits per heavy atom. The minimum atomic E-state index is -0.262. The summed E-state index contributed by atoms with van der Waals surface area (Å²) >= 11 is 1.31. The van der Waals surface area contributed by atoms with Crippen LogP contribution in [0.15, 0.2) is 40.3 Å². The number of fused-ring (bicyclic) bond motifs is 1. The molecule has 0 fully saturated rings. The summed E-state index contributed by atoms with van der Waals surface area (Å²) in [4.78, 5) is 30.7. The summed E-state index contributed by atoms with van der Waals surface area (Å²) in [6.45, 7) is 1.77. The summed E-state index contributed by atoms with van der Waals surface area (Å²) in [6.07, 6.45) is 1.54. The van der Waals surface area contributed by atoms with Crippen LogP contribution in [-0.4, -0.2) is 21.1 Å². The monoisotopic (exact) mass is 301 g/mol. The molecule has 6 heteroatoms. The fraction of sp³-hybridized carbons (Fsp3) is 0.267. The van der Waals surface area contributed by atoms with Gasteiger partial charge in [0.1, 0.15) is 0 Å². The molecule has 1 amide bonds. The average Bonchev–Trinajstić information content (AvgIpc) is 2.58. The number of nitrogens with zero attached hydrogens (tertiary/aromatic N) is 1. The Morgan fingerprint density at radius 1 is 1.29 bits per heavy atom. The number of carbonyl (C=O) groups excluding carboxylic acids is 1. The number of aromatic amines is 1. The van der Waals surface area contributed by atoms with Gasteiger partial charge in [-0.15, -0.1) is 0 Å². The molecule has 0 spiro atoms. The molecule has 1 aliphatic rings. The van der Waals surface area contributed by atoms with E-state index in [2.05, 4.69) is 15.3 Å². The molecular weight excluding hydrogens is 286 g/mol. The minimum Gasteiger partial charge on any atom is -0.325 e. The van der Waals surface area contributed by atoms with Gasteiger partial charge in [-0.2, -0.15) is 0 Å². The van der Waals surface area contributed by atoms with Crippen molar-refractivity contribution >= 4 is 23.4 Å². The lowest BCUT2D eigenvalue weighted by Gasteiger charge is -2.12. The molecule has 1 atom stereocenters. The van der Waals surface area contributed by atoms with Crippen molar-refractivity contribution in [3.8, 4) is 0 Å². The molecule has 0 radical (unpaired) electrons. The summed E-state index contributed by atoms with van der Waals surface area (Å²) in [5, 5.41) is 3.17. The highest BCUT2D eigenvalue weighted by atomic mass is 32.2. The highest BCUT2D eigenvalue weighted by molar-refractivity contribution is 8.00. The fourth-order valence-electron chi connectivity index (χ4n) is 2.35. The molecular formula is C15H15N3O2S. The molecule has 2 N–H and O–H groups in total. The van der Waals surface area contributed by atoms with Crippen molar-refractivity contribution in [1.82, 2.24) is 9.97 Å². The van der Waals surface area contributed by atoms with Gasteiger partial charge in [-0.1, -0.05) is 30.0 Å². The first-order valence-electron chi connectivity index (χ1n) is 6.75. The summed E-state index contributed by atoms with van der Waals surface area (Å²) in [7, 11) is 0. The zero-order valence-electron chi connectivity index (χ0n) is 11.6. The van der Waals surface area contributed by atoms with Crippen molar-refractivity contribution in [2.75, 3.05) is 5.32 Å². The van der Waals surface area contributed by atoms with Gasteiger partial charge in [0.15, 0.2) is 5.16 Å². The van der Waals surface area contributed by atoms with Crippen LogP contribution in [0, 0.1) is 6.92 Å². The molecule has 5 nitrogen and oxygen atoms in total. The van der Waals surface area contributed by atoms with Crippen molar-refractivity contribution < 1.29 is 4.79 Å². The first-order chi connectivity index (χ1) is 10.1. The van der Waals surface area contributed by atoms with Crippen molar-refractivity contribution in [3.05, 3.63) is 51.9 Å². The van der Waals surface area contributed by atoms with E-state index in [-0.39, 0.29) is 16.7 Å². The second kappa shape index (κ2) is 5.73. The third kappa shape index (κ3) is 3.16. The van der Waals surface area contributed by atoms with Gasteiger partial charge >= 0.3 is 0 Å². The molecule has 1 aromatic carbocycles. The predicted molar refractivity (Wildman–Crippen MR) is 82.6 cm³/mol. The first kappa shape index (κ1) is 13.9. The van der Waals surface area contributed by atoms with Crippen LogP contribution < -0.4 is 10.9 Å². The maximum atomic E-state index is 12.3. The highest BCUT2D eigenvalue weighted by Crippen LogP contribution is 2.29. The molecule has 0 aliphatic carbocycles. The smallest absolute Gasteiger partial charge is 0.251 e. The molecule has 0 saturated carbocycles. The molecule has 21 heavy (non-hydrogen) atoms. The predicted octanol–water partition coefficient (Wildman–Crippen LogP) is 2.12. The SMILES string of the molecule is Cc1cc(=O)[nH]c(S[C@@H]2CCc3ccccc3NC2=O)n1. The number of carbonyl (C=O) groups is 1. The second-order valence-corrected chi connectivity index (χ2v) is 6.17. The molecule has 0 unspecified atom stereocenters. The maximum absolute atomic E-state index is 12.3. The van der Waals surface area contributed by atoms with Crippen molar-refractivity contribution in [2.24, 2.45) is 0 Å². The van der Waals surface area contributed by atoms with Crippen molar-refractivity contribution in [1.29, 1.82) is 0 Å². The number of thioether (sulfide) groups is 1. The van der Waals surface area contributed by atoms with Crippen molar-refractivity contribution in [3.63, 3.8) is 0 Å². The van der Waals surface area contributed by atoms with Gasteiger partial charge < -0.3 is 10.3 Å². The Kier molecular flexibility index (Phi) is 3.79. The third-order valence-electron chi connectivity index (χ3n) is 3.35. The summed E-state index contributed by atoms with van der Waals surface area (Å²) < 4.78 is 0. The summed E-state index contributed by atoms with van der Waals surface area (Å²) in [5.74, 6) is -0.0471. The standard InChI is InChI=1S/C15H15N3O2S/c1-9-8-13(19)18-15(16-9)21-12-7-6-10-4-2-3-5-11(10)17-14(12)20/h2-5,8,12H,6-7H2,1H3,(H,17,20)(H,16,18,19)/t12-/m1/s1. The Hall–Kier alpha value is -2.08. The number of nitrogens with one attached hydrogen (secondary N) is 2. The topological polar surface area (TPSA) is 74.8 Å². The minimum absolute atomic E-state index is 0.0471. The number of anilines is 1. The van der Waals surface area contributed by atoms with E-state index in [1.165, 1.54) is 17.8 Å². The lowest BCUT2D eigenvalue weighted by Crippen LogP contribution is -2.24. The van der Waals surface area contributed by atoms with E-state index in [4.69, 9.17) is 0 Å². The van der Waals surface area contributed by atoms with Crippen LogP contribution in [0.25, 0.3) is 0 Å². The Bertz CT molecular complexity index is 742. The number of benzene rings is 1. The quantitative estimate of drug-likeness (QED) is 0.833. The van der Waals surface area contributed by atoms with Crippen LogP contribution in [-0.2, 0) is 11.2 Å². The Labute approximate surface area is 126 Å². The van der Waals surface area contributed by atoms with Crippen LogP contribution in [0.3, 0.4) is 0 Å². The number of hydrogen-bond acceptors (Lipinski definition) is 4. The number of amides is 1. The fourth-order valence-corrected chi connectivity index (χ4v) is 3.37. The lowest BCUT2D eigenvalue weighted by molar-refractivity contribution is -0.115. The number of hydrogen-bond donors (Lipinski definition) is 2. The first-order valence-corrected chi connectivity index (χ1v) is 7.63. The highest BCUT2D eigenvalue weighted by Gasteiger charge is 2.25. The normalized spacial score (nSPS) is 17.8. The molecule has 1 aromatic heterocycles. The van der Waals surface area contributed by atoms with Gasteiger partial charge in [-0.05, 0) is 31.4 Å². The van der Waals surface area contributed by atoms with E-state index >= 15 is 0 Å². The number of aromatic nitrogens is 2. The van der Waals surface area contributed by atoms with Crippen LogP contribution in [0.2, 0.25) is 0 Å². The van der Waals surface area contributed by atoms with E-state index in [9.17, 15) is 9.59 Å². The van der Waals surface area contributed by atoms with E-state index in [0.29, 0.717) is 17.3 Å². The number of rotatable bonds is 2. The molecule has 108 valence electrons. The van der Waals surface area contributed by atoms with Crippen LogP contribution in [0.1, 0.15) is 17.7 Å². The van der Waals surface area contributed by atoms with E-state index in [1.54, 1.807) is 6.92 Å². The van der Waals surface area contributed by atoms with Crippen LogP contribution in [0.5, 0.6) is 0 Å². The molecule has 3 rings (SSSR count). The molecule has 1 aliphatic heterocycles. The van der Waals surface area contributed by atoms with Crippen molar-refractivity contribution in [2.45, 2.75) is 30.2 Å². The van der Waals surface area contributed by atoms with Gasteiger partial charge in [0.05, 0.1) is 5.25 Å². The number of aryl methyl sites for hydroxylation is 2. The lowest BCUT2D eigenvalue weighted by atomic mass is 10.1. The second-order valence-electron chi connectivity index (χ2n) is 4.98. The van der Waals surface area contributed by atoms with Gasteiger partial charge in [0, 0.05) is 17.4 Å². The molecule has 2 heterocycles. The van der Waals surface area contributed by atoms with Gasteiger partial charge in [0.2, 0.25) is 5.91 Å². The number of para-hydroxylation sites is 1. The largest absolute Gasteiger partial charge is 0.325 e. The zero-order valence-corrected chi connectivity index (χ0v) is 12.4. The Balaban J connectivity index is 1.81. The van der Waals surface area contributed by atoms with Gasteiger partial charge in [0.25, 0.3) is 5.56 Å². The number of H-pyrrole nitrogens is 1. The van der Waals surface area contributed by atoms with Gasteiger partial charge in [-0.3, -0.25) is 9.59 Å².